The largest absolute Gasteiger partial charge is 0.443 e. The number of nitrogens with zero attached hydrogens (tertiary/aromatic N) is 4. The van der Waals surface area contributed by atoms with Gasteiger partial charge in [-0.15, -0.1) is 0 Å². The molecule has 0 radical (unpaired) electrons. The number of rotatable bonds is 3. The Hall–Kier alpha value is -3.00. The molecule has 0 saturated carbocycles. The molecule has 0 spiro atoms. The third kappa shape index (κ3) is 3.31. The minimum absolute atomic E-state index is 0.0147. The summed E-state index contributed by atoms with van der Waals surface area (Å²) in [6.45, 7) is 7.33. The number of amides is 1. The molecular weight excluding hydrogens is 398 g/mol. The van der Waals surface area contributed by atoms with E-state index in [-0.39, 0.29) is 11.8 Å². The van der Waals surface area contributed by atoms with Crippen molar-refractivity contribution in [3.8, 4) is 0 Å². The predicted octanol–water partition coefficient (Wildman–Crippen LogP) is 4.61. The number of fused-ring (bicyclic) bond motifs is 2. The number of anilines is 2. The van der Waals surface area contributed by atoms with E-state index in [0.717, 1.165) is 52.1 Å². The summed E-state index contributed by atoms with van der Waals surface area (Å²) in [5, 5.41) is 4.63. The van der Waals surface area contributed by atoms with Gasteiger partial charge in [0, 0.05) is 18.7 Å². The normalized spacial score (nSPS) is 17.0. The number of carbonyl (C=O) groups is 1. The third-order valence-electron chi connectivity index (χ3n) is 5.74. The van der Waals surface area contributed by atoms with Crippen LogP contribution in [0.4, 0.5) is 10.9 Å². The van der Waals surface area contributed by atoms with Crippen LogP contribution in [0.5, 0.6) is 0 Å². The Morgan fingerprint density at radius 3 is 2.87 bits per heavy atom. The minimum atomic E-state index is -0.121. The van der Waals surface area contributed by atoms with Crippen molar-refractivity contribution >= 4 is 49.5 Å². The first kappa shape index (κ1) is 19.0. The minimum Gasteiger partial charge on any atom is -0.443 e. The summed E-state index contributed by atoms with van der Waals surface area (Å²) >= 11 is 1.51. The van der Waals surface area contributed by atoms with E-state index in [1.54, 1.807) is 0 Å². The van der Waals surface area contributed by atoms with Crippen molar-refractivity contribution in [2.75, 3.05) is 23.3 Å². The van der Waals surface area contributed by atoms with Gasteiger partial charge >= 0.3 is 0 Å². The highest BCUT2D eigenvalue weighted by Gasteiger charge is 2.29. The van der Waals surface area contributed by atoms with Crippen molar-refractivity contribution in [3.63, 3.8) is 0 Å². The number of aromatic nitrogens is 3. The second kappa shape index (κ2) is 7.36. The van der Waals surface area contributed by atoms with Gasteiger partial charge in [0.15, 0.2) is 5.13 Å². The molecule has 7 nitrogen and oxygen atoms in total. The van der Waals surface area contributed by atoms with Crippen LogP contribution in [0.1, 0.15) is 30.0 Å². The molecule has 8 heteroatoms. The van der Waals surface area contributed by atoms with Crippen LogP contribution in [0.2, 0.25) is 0 Å². The molecular formula is C22H23N5O2S. The number of aryl methyl sites for hydroxylation is 3. The van der Waals surface area contributed by atoms with Gasteiger partial charge in [-0.2, -0.15) is 4.98 Å². The van der Waals surface area contributed by atoms with Crippen LogP contribution >= 0.6 is 11.3 Å². The smallest absolute Gasteiger partial charge is 0.231 e. The Balaban J connectivity index is 1.39. The molecule has 4 heterocycles. The zero-order valence-corrected chi connectivity index (χ0v) is 18.0. The van der Waals surface area contributed by atoms with E-state index in [1.807, 2.05) is 45.0 Å². The number of benzene rings is 1. The average molecular weight is 422 g/mol. The number of carbonyl (C=O) groups excluding carboxylic acids is 1. The lowest BCUT2D eigenvalue weighted by Crippen LogP contribution is -2.41. The number of hydrogen-bond acceptors (Lipinski definition) is 7. The number of nitrogens with one attached hydrogen (secondary N) is 1. The van der Waals surface area contributed by atoms with Crippen LogP contribution in [0.25, 0.3) is 21.3 Å². The van der Waals surface area contributed by atoms with E-state index in [2.05, 4.69) is 20.2 Å². The second-order valence-electron chi connectivity index (χ2n) is 7.82. The molecule has 1 saturated heterocycles. The summed E-state index contributed by atoms with van der Waals surface area (Å²) in [6, 6.07) is 7.91. The molecule has 1 atom stereocenters. The number of furan rings is 1. The van der Waals surface area contributed by atoms with E-state index in [9.17, 15) is 4.79 Å². The summed E-state index contributed by atoms with van der Waals surface area (Å²) in [4.78, 5) is 28.9. The van der Waals surface area contributed by atoms with Crippen LogP contribution < -0.4 is 10.2 Å². The summed E-state index contributed by atoms with van der Waals surface area (Å²) in [5.41, 5.74) is 2.59. The lowest BCUT2D eigenvalue weighted by atomic mass is 9.97. The fourth-order valence-electron chi connectivity index (χ4n) is 4.08. The van der Waals surface area contributed by atoms with Crippen LogP contribution in [0, 0.1) is 26.7 Å². The summed E-state index contributed by atoms with van der Waals surface area (Å²) in [7, 11) is 0. The molecule has 0 bridgehead atoms. The van der Waals surface area contributed by atoms with E-state index >= 15 is 0 Å². The molecule has 1 unspecified atom stereocenters. The molecule has 1 aromatic carbocycles. The molecule has 0 aliphatic carbocycles. The Labute approximate surface area is 178 Å². The molecule has 3 aromatic heterocycles. The van der Waals surface area contributed by atoms with E-state index < -0.39 is 0 Å². The van der Waals surface area contributed by atoms with E-state index in [1.165, 1.54) is 11.3 Å². The SMILES string of the molecule is Cc1nc(N2CCCC(C(=O)Nc3nc4ccccc4s3)C2)c2c(C)c(C)oc2n1. The van der Waals surface area contributed by atoms with Crippen LogP contribution in [-0.2, 0) is 4.79 Å². The number of piperidine rings is 1. The first-order valence-corrected chi connectivity index (χ1v) is 11.0. The third-order valence-corrected chi connectivity index (χ3v) is 6.69. The number of para-hydroxylation sites is 1. The van der Waals surface area contributed by atoms with Gasteiger partial charge in [0.25, 0.3) is 0 Å². The topological polar surface area (TPSA) is 84.2 Å². The summed E-state index contributed by atoms with van der Waals surface area (Å²) in [5.74, 6) is 2.29. The molecule has 1 aliphatic rings. The number of hydrogen-bond donors (Lipinski definition) is 1. The highest BCUT2D eigenvalue weighted by Crippen LogP contribution is 2.34. The monoisotopic (exact) mass is 421 g/mol. The molecule has 1 aliphatic heterocycles. The molecule has 154 valence electrons. The molecule has 4 aromatic rings. The molecule has 30 heavy (non-hydrogen) atoms. The van der Waals surface area contributed by atoms with Crippen molar-refractivity contribution < 1.29 is 9.21 Å². The Morgan fingerprint density at radius 1 is 1.20 bits per heavy atom. The average Bonchev–Trinajstić information content (AvgIpc) is 3.27. The van der Waals surface area contributed by atoms with E-state index in [0.29, 0.717) is 23.2 Å². The first-order chi connectivity index (χ1) is 14.5. The van der Waals surface area contributed by atoms with Gasteiger partial charge in [-0.3, -0.25) is 4.79 Å². The maximum absolute atomic E-state index is 13.0. The van der Waals surface area contributed by atoms with Gasteiger partial charge in [0.05, 0.1) is 21.5 Å². The van der Waals surface area contributed by atoms with E-state index in [4.69, 9.17) is 9.40 Å². The lowest BCUT2D eigenvalue weighted by Gasteiger charge is -2.33. The Morgan fingerprint density at radius 2 is 2.03 bits per heavy atom. The van der Waals surface area contributed by atoms with Gasteiger partial charge in [-0.1, -0.05) is 23.5 Å². The molecule has 5 rings (SSSR count). The predicted molar refractivity (Wildman–Crippen MR) is 119 cm³/mol. The van der Waals surface area contributed by atoms with Gasteiger partial charge < -0.3 is 14.6 Å². The lowest BCUT2D eigenvalue weighted by molar-refractivity contribution is -0.120. The zero-order chi connectivity index (χ0) is 20.8. The van der Waals surface area contributed by atoms with Crippen LogP contribution in [-0.4, -0.2) is 33.9 Å². The first-order valence-electron chi connectivity index (χ1n) is 10.2. The second-order valence-corrected chi connectivity index (χ2v) is 8.85. The fourth-order valence-corrected chi connectivity index (χ4v) is 4.95. The van der Waals surface area contributed by atoms with Crippen molar-refractivity contribution in [1.29, 1.82) is 0 Å². The molecule has 1 amide bonds. The summed E-state index contributed by atoms with van der Waals surface area (Å²) in [6.07, 6.45) is 1.78. The zero-order valence-electron chi connectivity index (χ0n) is 17.2. The summed E-state index contributed by atoms with van der Waals surface area (Å²) < 4.78 is 6.90. The van der Waals surface area contributed by atoms with Crippen molar-refractivity contribution in [1.82, 2.24) is 15.0 Å². The van der Waals surface area contributed by atoms with Gasteiger partial charge in [-0.05, 0) is 45.7 Å². The van der Waals surface area contributed by atoms with Crippen LogP contribution in [0.15, 0.2) is 28.7 Å². The highest BCUT2D eigenvalue weighted by atomic mass is 32.1. The number of thiazole rings is 1. The van der Waals surface area contributed by atoms with Gasteiger partial charge in [0.2, 0.25) is 11.6 Å². The standard InChI is InChI=1S/C22H23N5O2S/c1-12-13(2)29-21-18(12)19(23-14(3)24-21)27-10-6-7-15(11-27)20(28)26-22-25-16-8-4-5-9-17(16)30-22/h4-5,8-9,15H,6-7,10-11H2,1-3H3,(H,25,26,28). The highest BCUT2D eigenvalue weighted by molar-refractivity contribution is 7.22. The van der Waals surface area contributed by atoms with Gasteiger partial charge in [-0.25, -0.2) is 9.97 Å². The Bertz CT molecular complexity index is 1230. The van der Waals surface area contributed by atoms with Crippen molar-refractivity contribution in [2.24, 2.45) is 5.92 Å². The molecule has 1 N–H and O–H groups in total. The van der Waals surface area contributed by atoms with Crippen molar-refractivity contribution in [2.45, 2.75) is 33.6 Å². The maximum Gasteiger partial charge on any atom is 0.231 e. The Kier molecular flexibility index (Phi) is 4.66. The van der Waals surface area contributed by atoms with Crippen LogP contribution in [0.3, 0.4) is 0 Å². The maximum atomic E-state index is 13.0. The fraction of sp³-hybridized carbons (Fsp3) is 0.364. The molecule has 1 fully saturated rings. The van der Waals surface area contributed by atoms with Crippen molar-refractivity contribution in [3.05, 3.63) is 41.4 Å². The van der Waals surface area contributed by atoms with Gasteiger partial charge in [0.1, 0.15) is 17.4 Å². The quantitative estimate of drug-likeness (QED) is 0.520.